The van der Waals surface area contributed by atoms with E-state index in [1.807, 2.05) is 0 Å². The Bertz CT molecular complexity index is 1100. The molecular formula is C20H17N5O3S. The summed E-state index contributed by atoms with van der Waals surface area (Å²) < 4.78 is 5.23. The lowest BCUT2D eigenvalue weighted by atomic mass is 10.1. The molecular weight excluding hydrogens is 390 g/mol. The molecule has 146 valence electrons. The Labute approximate surface area is 170 Å². The van der Waals surface area contributed by atoms with Crippen molar-refractivity contribution in [2.24, 2.45) is 5.18 Å². The van der Waals surface area contributed by atoms with Gasteiger partial charge in [0.25, 0.3) is 0 Å². The van der Waals surface area contributed by atoms with Gasteiger partial charge < -0.3 is 15.6 Å². The molecule has 0 unspecified atom stereocenters. The van der Waals surface area contributed by atoms with Gasteiger partial charge in [-0.3, -0.25) is 4.79 Å². The third-order valence-corrected chi connectivity index (χ3v) is 6.09. The van der Waals surface area contributed by atoms with Gasteiger partial charge in [0.15, 0.2) is 0 Å². The van der Waals surface area contributed by atoms with Gasteiger partial charge in [0.2, 0.25) is 11.5 Å². The Morgan fingerprint density at radius 2 is 2.03 bits per heavy atom. The number of anilines is 2. The summed E-state index contributed by atoms with van der Waals surface area (Å²) in [6.45, 7) is 0. The van der Waals surface area contributed by atoms with Crippen molar-refractivity contribution >= 4 is 33.5 Å². The van der Waals surface area contributed by atoms with Crippen molar-refractivity contribution in [3.63, 3.8) is 0 Å². The van der Waals surface area contributed by atoms with Crippen molar-refractivity contribution in [2.45, 2.75) is 31.7 Å². The number of benzene rings is 1. The maximum absolute atomic E-state index is 12.9. The van der Waals surface area contributed by atoms with Crippen molar-refractivity contribution < 1.29 is 9.32 Å². The first-order valence-corrected chi connectivity index (χ1v) is 9.96. The van der Waals surface area contributed by atoms with Gasteiger partial charge in [0.05, 0.1) is 5.69 Å². The Balaban J connectivity index is 1.61. The molecule has 3 aromatic rings. The molecule has 2 heterocycles. The quantitative estimate of drug-likeness (QED) is 0.441. The summed E-state index contributed by atoms with van der Waals surface area (Å²) in [6, 6.07) is 10.3. The number of nitriles is 1. The SMILES string of the molecule is N#Cc1c(NC2CCCC2)sc(C(=O)c2cc(-c3ccc(N=O)cc3)no2)c1N. The molecule has 0 aliphatic heterocycles. The van der Waals surface area contributed by atoms with Gasteiger partial charge in [0, 0.05) is 17.7 Å². The third-order valence-electron chi connectivity index (χ3n) is 4.96. The highest BCUT2D eigenvalue weighted by atomic mass is 32.1. The largest absolute Gasteiger partial charge is 0.396 e. The van der Waals surface area contributed by atoms with Crippen LogP contribution in [0.4, 0.5) is 16.4 Å². The van der Waals surface area contributed by atoms with Crippen molar-refractivity contribution in [3.8, 4) is 17.3 Å². The zero-order chi connectivity index (χ0) is 20.4. The van der Waals surface area contributed by atoms with Gasteiger partial charge in [-0.2, -0.15) is 5.26 Å². The summed E-state index contributed by atoms with van der Waals surface area (Å²) in [5, 5.41) is 20.2. The summed E-state index contributed by atoms with van der Waals surface area (Å²) >= 11 is 1.17. The van der Waals surface area contributed by atoms with Gasteiger partial charge in [-0.25, -0.2) is 0 Å². The maximum atomic E-state index is 12.9. The van der Waals surface area contributed by atoms with Crippen LogP contribution in [-0.2, 0) is 0 Å². The molecule has 1 saturated carbocycles. The van der Waals surface area contributed by atoms with Crippen molar-refractivity contribution in [1.82, 2.24) is 5.16 Å². The fourth-order valence-corrected chi connectivity index (χ4v) is 4.50. The van der Waals surface area contributed by atoms with Crippen molar-refractivity contribution in [3.05, 3.63) is 51.4 Å². The molecule has 0 bridgehead atoms. The minimum atomic E-state index is -0.423. The first-order valence-electron chi connectivity index (χ1n) is 9.15. The molecule has 8 nitrogen and oxygen atoms in total. The Morgan fingerprint density at radius 1 is 1.31 bits per heavy atom. The minimum Gasteiger partial charge on any atom is -0.396 e. The van der Waals surface area contributed by atoms with E-state index in [1.54, 1.807) is 24.3 Å². The number of hydrogen-bond acceptors (Lipinski definition) is 9. The molecule has 3 N–H and O–H groups in total. The minimum absolute atomic E-state index is 0.0300. The number of aromatic nitrogens is 1. The molecule has 1 aliphatic rings. The van der Waals surface area contributed by atoms with Crippen LogP contribution in [0.5, 0.6) is 0 Å². The highest BCUT2D eigenvalue weighted by Crippen LogP contribution is 2.38. The number of nitrogens with two attached hydrogens (primary N) is 1. The third kappa shape index (κ3) is 3.62. The van der Waals surface area contributed by atoms with Crippen LogP contribution < -0.4 is 11.1 Å². The van der Waals surface area contributed by atoms with Crippen LogP contribution in [0.25, 0.3) is 11.3 Å². The summed E-state index contributed by atoms with van der Waals surface area (Å²) in [6.07, 6.45) is 4.37. The smallest absolute Gasteiger partial charge is 0.243 e. The molecule has 0 radical (unpaired) electrons. The van der Waals surface area contributed by atoms with E-state index in [-0.39, 0.29) is 16.3 Å². The average Bonchev–Trinajstić information content (AvgIpc) is 3.49. The number of rotatable bonds is 6. The van der Waals surface area contributed by atoms with E-state index >= 15 is 0 Å². The van der Waals surface area contributed by atoms with Crippen LogP contribution in [-0.4, -0.2) is 17.0 Å². The zero-order valence-electron chi connectivity index (χ0n) is 15.3. The molecule has 4 rings (SSSR count). The van der Waals surface area contributed by atoms with Gasteiger partial charge in [-0.15, -0.1) is 16.2 Å². The molecule has 0 atom stereocenters. The molecule has 1 aliphatic carbocycles. The average molecular weight is 407 g/mol. The second-order valence-electron chi connectivity index (χ2n) is 6.83. The standard InChI is InChI=1S/C20H17N5O3S/c21-10-14-17(22)19(29-20(14)23-12-3-1-2-4-12)18(26)16-9-15(25-28-16)11-5-7-13(24-27)8-6-11/h5-9,12,23H,1-4,22H2. The molecule has 0 saturated heterocycles. The maximum Gasteiger partial charge on any atom is 0.243 e. The highest BCUT2D eigenvalue weighted by molar-refractivity contribution is 7.19. The van der Waals surface area contributed by atoms with Crippen molar-refractivity contribution in [1.29, 1.82) is 5.26 Å². The van der Waals surface area contributed by atoms with Crippen LogP contribution in [0.15, 0.2) is 40.0 Å². The van der Waals surface area contributed by atoms with Crippen LogP contribution in [0, 0.1) is 16.2 Å². The van der Waals surface area contributed by atoms with E-state index in [9.17, 15) is 15.0 Å². The summed E-state index contributed by atoms with van der Waals surface area (Å²) in [4.78, 5) is 23.7. The lowest BCUT2D eigenvalue weighted by Crippen LogP contribution is -2.14. The molecule has 29 heavy (non-hydrogen) atoms. The van der Waals surface area contributed by atoms with E-state index in [0.29, 0.717) is 33.6 Å². The highest BCUT2D eigenvalue weighted by Gasteiger charge is 2.27. The Hall–Kier alpha value is -3.51. The number of thiophene rings is 1. The lowest BCUT2D eigenvalue weighted by Gasteiger charge is -2.11. The molecule has 0 spiro atoms. The van der Waals surface area contributed by atoms with Crippen LogP contribution in [0.2, 0.25) is 0 Å². The summed E-state index contributed by atoms with van der Waals surface area (Å²) in [7, 11) is 0. The monoisotopic (exact) mass is 407 g/mol. The molecule has 2 aromatic heterocycles. The lowest BCUT2D eigenvalue weighted by molar-refractivity contribution is 0.100. The Morgan fingerprint density at radius 3 is 2.69 bits per heavy atom. The second kappa shape index (κ2) is 7.85. The Kier molecular flexibility index (Phi) is 5.10. The first-order chi connectivity index (χ1) is 14.1. The topological polar surface area (TPSA) is 134 Å². The fourth-order valence-electron chi connectivity index (χ4n) is 3.40. The molecule has 0 amide bonds. The second-order valence-corrected chi connectivity index (χ2v) is 7.85. The van der Waals surface area contributed by atoms with Gasteiger partial charge in [-0.05, 0) is 30.2 Å². The van der Waals surface area contributed by atoms with Crippen LogP contribution in [0.3, 0.4) is 0 Å². The number of ketones is 1. The van der Waals surface area contributed by atoms with Gasteiger partial charge >= 0.3 is 0 Å². The molecule has 1 aromatic carbocycles. The van der Waals surface area contributed by atoms with Gasteiger partial charge in [-0.1, -0.05) is 30.1 Å². The summed E-state index contributed by atoms with van der Waals surface area (Å²) in [5.74, 6) is -0.393. The number of nitrogens with one attached hydrogen (secondary N) is 1. The predicted octanol–water partition coefficient (Wildman–Crippen LogP) is 4.84. The molecule has 1 fully saturated rings. The number of hydrogen-bond donors (Lipinski definition) is 2. The van der Waals surface area contributed by atoms with E-state index in [4.69, 9.17) is 10.3 Å². The van der Waals surface area contributed by atoms with Crippen LogP contribution in [0.1, 0.15) is 46.7 Å². The van der Waals surface area contributed by atoms with E-state index < -0.39 is 5.78 Å². The fraction of sp³-hybridized carbons (Fsp3) is 0.250. The number of carbonyl (C=O) groups excluding carboxylic acids is 1. The number of nitrogens with zero attached hydrogens (tertiary/aromatic N) is 3. The number of nitroso groups, excluding NO2 is 1. The van der Waals surface area contributed by atoms with Crippen LogP contribution >= 0.6 is 11.3 Å². The number of carbonyl (C=O) groups is 1. The van der Waals surface area contributed by atoms with E-state index in [2.05, 4.69) is 21.7 Å². The zero-order valence-corrected chi connectivity index (χ0v) is 16.2. The first kappa shape index (κ1) is 18.8. The number of nitrogen functional groups attached to an aromatic ring is 1. The molecule has 9 heteroatoms. The summed E-state index contributed by atoms with van der Waals surface area (Å²) in [5.41, 5.74) is 7.98. The normalized spacial score (nSPS) is 13.9. The van der Waals surface area contributed by atoms with Crippen molar-refractivity contribution in [2.75, 3.05) is 11.1 Å². The predicted molar refractivity (Wildman–Crippen MR) is 110 cm³/mol. The van der Waals surface area contributed by atoms with Gasteiger partial charge in [0.1, 0.15) is 32.9 Å². The van der Waals surface area contributed by atoms with E-state index in [1.165, 1.54) is 17.4 Å². The van der Waals surface area contributed by atoms with E-state index in [0.717, 1.165) is 25.7 Å².